The van der Waals surface area contributed by atoms with Crippen LogP contribution in [0, 0.1) is 20.8 Å². The van der Waals surface area contributed by atoms with Gasteiger partial charge in [0.15, 0.2) is 11.5 Å². The molecule has 33 heavy (non-hydrogen) atoms. The number of aryl methyl sites for hydroxylation is 2. The van der Waals surface area contributed by atoms with Crippen molar-refractivity contribution in [2.75, 3.05) is 12.1 Å². The van der Waals surface area contributed by atoms with Crippen molar-refractivity contribution in [1.82, 2.24) is 14.8 Å². The first-order chi connectivity index (χ1) is 15.9. The van der Waals surface area contributed by atoms with E-state index in [2.05, 4.69) is 10.3 Å². The van der Waals surface area contributed by atoms with Crippen LogP contribution in [0.2, 0.25) is 5.02 Å². The van der Waals surface area contributed by atoms with E-state index in [4.69, 9.17) is 26.2 Å². The van der Waals surface area contributed by atoms with Crippen LogP contribution < -0.4 is 14.8 Å². The molecule has 0 fully saturated rings. The molecule has 9 heteroatoms. The van der Waals surface area contributed by atoms with Gasteiger partial charge in [-0.1, -0.05) is 35.1 Å². The number of halogens is 1. The van der Waals surface area contributed by atoms with Gasteiger partial charge in [-0.15, -0.1) is 0 Å². The van der Waals surface area contributed by atoms with Crippen molar-refractivity contribution in [3.05, 3.63) is 80.6 Å². The Morgan fingerprint density at radius 3 is 2.76 bits per heavy atom. The van der Waals surface area contributed by atoms with Crippen LogP contribution in [0.5, 0.6) is 11.5 Å². The maximum Gasteiger partial charge on any atom is 0.267 e. The molecule has 4 aromatic rings. The Balaban J connectivity index is 1.40. The van der Waals surface area contributed by atoms with E-state index in [-0.39, 0.29) is 12.7 Å². The molecule has 0 radical (unpaired) electrons. The van der Waals surface area contributed by atoms with Crippen LogP contribution in [-0.2, 0) is 6.42 Å². The van der Waals surface area contributed by atoms with Crippen molar-refractivity contribution >= 4 is 34.5 Å². The van der Waals surface area contributed by atoms with Gasteiger partial charge < -0.3 is 14.8 Å². The molecule has 1 amide bonds. The molecule has 0 atom stereocenters. The fourth-order valence-corrected chi connectivity index (χ4v) is 4.97. The molecule has 2 aromatic heterocycles. The predicted octanol–water partition coefficient (Wildman–Crippen LogP) is 5.48. The van der Waals surface area contributed by atoms with Gasteiger partial charge in [-0.2, -0.15) is 5.10 Å². The number of amides is 1. The van der Waals surface area contributed by atoms with Crippen LogP contribution in [0.25, 0.3) is 5.13 Å². The van der Waals surface area contributed by atoms with Crippen molar-refractivity contribution in [3.8, 4) is 16.6 Å². The van der Waals surface area contributed by atoms with Gasteiger partial charge in [0.1, 0.15) is 4.88 Å². The van der Waals surface area contributed by atoms with E-state index in [1.165, 1.54) is 11.3 Å². The zero-order valence-corrected chi connectivity index (χ0v) is 19.9. The average molecular weight is 481 g/mol. The first-order valence-corrected chi connectivity index (χ1v) is 11.6. The Labute approximate surface area is 199 Å². The highest BCUT2D eigenvalue weighted by Crippen LogP contribution is 2.34. The monoisotopic (exact) mass is 480 g/mol. The lowest BCUT2D eigenvalue weighted by Crippen LogP contribution is -2.11. The number of fused-ring (bicyclic) bond motifs is 1. The SMILES string of the molecule is Cc1nc(-n2nc(C)c(Cc3ccc4c(c3)OCO4)c2C)sc1C(=O)Nc1cccc(Cl)c1. The highest BCUT2D eigenvalue weighted by molar-refractivity contribution is 7.16. The molecule has 0 unspecified atom stereocenters. The summed E-state index contributed by atoms with van der Waals surface area (Å²) < 4.78 is 12.7. The summed E-state index contributed by atoms with van der Waals surface area (Å²) in [4.78, 5) is 18.0. The number of hydrogen-bond donors (Lipinski definition) is 1. The molecule has 0 bridgehead atoms. The van der Waals surface area contributed by atoms with E-state index in [9.17, 15) is 4.79 Å². The maximum absolute atomic E-state index is 12.8. The van der Waals surface area contributed by atoms with Gasteiger partial charge in [0.25, 0.3) is 5.91 Å². The van der Waals surface area contributed by atoms with E-state index in [1.807, 2.05) is 43.7 Å². The van der Waals surface area contributed by atoms with E-state index < -0.39 is 0 Å². The number of nitrogens with one attached hydrogen (secondary N) is 1. The van der Waals surface area contributed by atoms with E-state index in [1.54, 1.807) is 24.3 Å². The number of thiazole rings is 1. The molecule has 0 saturated carbocycles. The van der Waals surface area contributed by atoms with Crippen molar-refractivity contribution < 1.29 is 14.3 Å². The number of aromatic nitrogens is 3. The number of carbonyl (C=O) groups is 1. The van der Waals surface area contributed by atoms with Crippen LogP contribution in [0.4, 0.5) is 5.69 Å². The fraction of sp³-hybridized carbons (Fsp3) is 0.208. The molecule has 1 aliphatic heterocycles. The van der Waals surface area contributed by atoms with Crippen LogP contribution in [-0.4, -0.2) is 27.5 Å². The third-order valence-electron chi connectivity index (χ3n) is 5.51. The Morgan fingerprint density at radius 1 is 1.12 bits per heavy atom. The zero-order chi connectivity index (χ0) is 23.1. The molecular weight excluding hydrogens is 460 g/mol. The standard InChI is InChI=1S/C24H21ClN4O3S/c1-13-19(9-16-7-8-20-21(10-16)32-12-31-20)15(3)29(28-13)24-26-14(2)22(33-24)23(30)27-18-6-4-5-17(25)11-18/h4-8,10-11H,9,12H2,1-3H3,(H,27,30). The van der Waals surface area contributed by atoms with Crippen molar-refractivity contribution in [3.63, 3.8) is 0 Å². The second-order valence-corrected chi connectivity index (χ2v) is 9.21. The van der Waals surface area contributed by atoms with Crippen molar-refractivity contribution in [2.24, 2.45) is 0 Å². The minimum atomic E-state index is -0.222. The van der Waals surface area contributed by atoms with Crippen LogP contribution in [0.15, 0.2) is 42.5 Å². The molecule has 7 nitrogen and oxygen atoms in total. The summed E-state index contributed by atoms with van der Waals surface area (Å²) in [6, 6.07) is 13.0. The Hall–Kier alpha value is -3.36. The van der Waals surface area contributed by atoms with Gasteiger partial charge in [-0.3, -0.25) is 4.79 Å². The summed E-state index contributed by atoms with van der Waals surface area (Å²) in [5.74, 6) is 1.31. The summed E-state index contributed by atoms with van der Waals surface area (Å²) in [6.45, 7) is 6.08. The number of ether oxygens (including phenoxy) is 2. The number of anilines is 1. The topological polar surface area (TPSA) is 78.3 Å². The van der Waals surface area contributed by atoms with Gasteiger partial charge in [0.2, 0.25) is 11.9 Å². The first kappa shape index (κ1) is 21.5. The molecule has 0 spiro atoms. The molecule has 2 aromatic carbocycles. The summed E-state index contributed by atoms with van der Waals surface area (Å²) in [6.07, 6.45) is 0.709. The summed E-state index contributed by atoms with van der Waals surface area (Å²) in [7, 11) is 0. The largest absolute Gasteiger partial charge is 0.454 e. The normalized spacial score (nSPS) is 12.2. The third kappa shape index (κ3) is 4.19. The number of nitrogens with zero attached hydrogens (tertiary/aromatic N) is 3. The molecule has 0 saturated heterocycles. The predicted molar refractivity (Wildman–Crippen MR) is 128 cm³/mol. The number of rotatable bonds is 5. The van der Waals surface area contributed by atoms with Gasteiger partial charge in [-0.25, -0.2) is 9.67 Å². The lowest BCUT2D eigenvalue weighted by atomic mass is 10.0. The maximum atomic E-state index is 12.8. The Bertz CT molecular complexity index is 1380. The molecule has 0 aliphatic carbocycles. The highest BCUT2D eigenvalue weighted by Gasteiger charge is 2.21. The minimum Gasteiger partial charge on any atom is -0.454 e. The number of carbonyl (C=O) groups excluding carboxylic acids is 1. The van der Waals surface area contributed by atoms with Gasteiger partial charge in [-0.05, 0) is 56.7 Å². The smallest absolute Gasteiger partial charge is 0.267 e. The number of hydrogen-bond acceptors (Lipinski definition) is 6. The molecule has 1 N–H and O–H groups in total. The number of benzene rings is 2. The summed E-state index contributed by atoms with van der Waals surface area (Å²) in [5, 5.41) is 8.82. The second-order valence-electron chi connectivity index (χ2n) is 7.80. The quantitative estimate of drug-likeness (QED) is 0.409. The van der Waals surface area contributed by atoms with Crippen LogP contribution >= 0.6 is 22.9 Å². The molecular formula is C24H21ClN4O3S. The van der Waals surface area contributed by atoms with Crippen molar-refractivity contribution in [1.29, 1.82) is 0 Å². The van der Waals surface area contributed by atoms with Crippen LogP contribution in [0.1, 0.15) is 37.9 Å². The van der Waals surface area contributed by atoms with E-state index in [0.717, 1.165) is 34.0 Å². The van der Waals surface area contributed by atoms with Crippen LogP contribution in [0.3, 0.4) is 0 Å². The van der Waals surface area contributed by atoms with Gasteiger partial charge in [0.05, 0.1) is 11.4 Å². The summed E-state index contributed by atoms with van der Waals surface area (Å²) in [5.41, 5.74) is 5.43. The first-order valence-electron chi connectivity index (χ1n) is 10.4. The third-order valence-corrected chi connectivity index (χ3v) is 6.88. The molecule has 5 rings (SSSR count). The summed E-state index contributed by atoms with van der Waals surface area (Å²) >= 11 is 7.33. The molecule has 3 heterocycles. The fourth-order valence-electron chi connectivity index (χ4n) is 3.81. The second kappa shape index (κ2) is 8.53. The van der Waals surface area contributed by atoms with Gasteiger partial charge >= 0.3 is 0 Å². The molecule has 168 valence electrons. The minimum absolute atomic E-state index is 0.222. The molecule has 1 aliphatic rings. The van der Waals surface area contributed by atoms with E-state index in [0.29, 0.717) is 32.8 Å². The lowest BCUT2D eigenvalue weighted by Gasteiger charge is -2.05. The van der Waals surface area contributed by atoms with Crippen molar-refractivity contribution in [2.45, 2.75) is 27.2 Å². The zero-order valence-electron chi connectivity index (χ0n) is 18.3. The van der Waals surface area contributed by atoms with E-state index >= 15 is 0 Å². The average Bonchev–Trinajstić information content (AvgIpc) is 3.47. The lowest BCUT2D eigenvalue weighted by molar-refractivity contribution is 0.103. The Morgan fingerprint density at radius 2 is 1.94 bits per heavy atom. The highest BCUT2D eigenvalue weighted by atomic mass is 35.5. The van der Waals surface area contributed by atoms with Gasteiger partial charge in [0, 0.05) is 28.4 Å². The Kier molecular flexibility index (Phi) is 5.55.